The highest BCUT2D eigenvalue weighted by Gasteiger charge is 2.11. The van der Waals surface area contributed by atoms with Gasteiger partial charge in [-0.2, -0.15) is 0 Å². The third kappa shape index (κ3) is 4.92. The number of carbonyl (C=O) groups excluding carboxylic acids is 1. The van der Waals surface area contributed by atoms with Crippen molar-refractivity contribution in [3.8, 4) is 0 Å². The average Bonchev–Trinajstić information content (AvgIpc) is 2.35. The maximum atomic E-state index is 12.6. The van der Waals surface area contributed by atoms with Gasteiger partial charge in [0.1, 0.15) is 11.9 Å². The van der Waals surface area contributed by atoms with Gasteiger partial charge in [-0.3, -0.25) is 14.9 Å². The van der Waals surface area contributed by atoms with Gasteiger partial charge in [-0.15, -0.1) is 0 Å². The summed E-state index contributed by atoms with van der Waals surface area (Å²) in [5.74, 6) is -1.66. The van der Waals surface area contributed by atoms with E-state index >= 15 is 0 Å². The monoisotopic (exact) mass is 254 g/mol. The quantitative estimate of drug-likeness (QED) is 0.691. The van der Waals surface area contributed by atoms with Crippen LogP contribution in [-0.4, -0.2) is 29.6 Å². The molecule has 0 saturated heterocycles. The second-order valence-corrected chi connectivity index (χ2v) is 3.84. The molecule has 0 aliphatic heterocycles. The summed E-state index contributed by atoms with van der Waals surface area (Å²) in [7, 11) is 0. The summed E-state index contributed by atoms with van der Waals surface area (Å²) < 4.78 is 12.6. The van der Waals surface area contributed by atoms with Crippen LogP contribution in [-0.2, 0) is 16.1 Å². The van der Waals surface area contributed by atoms with Crippen molar-refractivity contribution >= 4 is 11.9 Å². The van der Waals surface area contributed by atoms with Gasteiger partial charge in [0, 0.05) is 6.54 Å². The van der Waals surface area contributed by atoms with Gasteiger partial charge in [-0.05, 0) is 24.6 Å². The van der Waals surface area contributed by atoms with E-state index in [1.807, 2.05) is 0 Å². The van der Waals surface area contributed by atoms with Gasteiger partial charge < -0.3 is 10.4 Å². The van der Waals surface area contributed by atoms with E-state index in [0.717, 1.165) is 5.56 Å². The lowest BCUT2D eigenvalue weighted by molar-refractivity contribution is -0.139. The molecule has 0 heterocycles. The van der Waals surface area contributed by atoms with E-state index in [4.69, 9.17) is 5.11 Å². The lowest BCUT2D eigenvalue weighted by Gasteiger charge is -2.09. The number of amides is 1. The number of halogens is 1. The minimum absolute atomic E-state index is 0.0747. The Morgan fingerprint density at radius 2 is 1.94 bits per heavy atom. The number of nitrogens with one attached hydrogen (secondary N) is 2. The van der Waals surface area contributed by atoms with Crippen LogP contribution < -0.4 is 10.6 Å². The van der Waals surface area contributed by atoms with E-state index in [9.17, 15) is 14.0 Å². The zero-order valence-corrected chi connectivity index (χ0v) is 9.94. The Morgan fingerprint density at radius 1 is 1.33 bits per heavy atom. The van der Waals surface area contributed by atoms with Gasteiger partial charge in [0.25, 0.3) is 0 Å². The Morgan fingerprint density at radius 3 is 2.50 bits per heavy atom. The molecule has 5 nitrogen and oxygen atoms in total. The van der Waals surface area contributed by atoms with Crippen molar-refractivity contribution < 1.29 is 19.1 Å². The average molecular weight is 254 g/mol. The van der Waals surface area contributed by atoms with Gasteiger partial charge in [0.05, 0.1) is 6.54 Å². The van der Waals surface area contributed by atoms with Crippen molar-refractivity contribution in [3.05, 3.63) is 35.6 Å². The van der Waals surface area contributed by atoms with Crippen LogP contribution in [0, 0.1) is 5.82 Å². The zero-order chi connectivity index (χ0) is 13.5. The highest BCUT2D eigenvalue weighted by Crippen LogP contribution is 2.01. The Labute approximate surface area is 104 Å². The Bertz CT molecular complexity index is 420. The minimum Gasteiger partial charge on any atom is -0.480 e. The van der Waals surface area contributed by atoms with Crippen molar-refractivity contribution in [2.45, 2.75) is 19.5 Å². The van der Waals surface area contributed by atoms with E-state index in [2.05, 4.69) is 10.6 Å². The predicted octanol–water partition coefficient (Wildman–Crippen LogP) is 0.505. The van der Waals surface area contributed by atoms with Crippen molar-refractivity contribution in [1.82, 2.24) is 10.6 Å². The molecule has 6 heteroatoms. The third-order valence-electron chi connectivity index (χ3n) is 2.34. The minimum atomic E-state index is -1.01. The zero-order valence-electron chi connectivity index (χ0n) is 9.94. The number of hydrogen-bond donors (Lipinski definition) is 3. The molecule has 0 saturated carbocycles. The fourth-order valence-corrected chi connectivity index (χ4v) is 1.20. The number of carbonyl (C=O) groups is 2. The first-order valence-corrected chi connectivity index (χ1v) is 5.46. The molecule has 0 spiro atoms. The number of carboxylic acids is 1. The lowest BCUT2D eigenvalue weighted by atomic mass is 10.2. The number of hydrogen-bond acceptors (Lipinski definition) is 3. The van der Waals surface area contributed by atoms with Crippen molar-refractivity contribution in [2.24, 2.45) is 0 Å². The maximum Gasteiger partial charge on any atom is 0.320 e. The van der Waals surface area contributed by atoms with Crippen LogP contribution in [0.5, 0.6) is 0 Å². The van der Waals surface area contributed by atoms with E-state index in [0.29, 0.717) is 0 Å². The summed E-state index contributed by atoms with van der Waals surface area (Å²) in [6.07, 6.45) is 0. The predicted molar refractivity (Wildman–Crippen MR) is 63.3 cm³/mol. The number of rotatable bonds is 6. The first-order chi connectivity index (χ1) is 8.49. The topological polar surface area (TPSA) is 78.4 Å². The van der Waals surface area contributed by atoms with Gasteiger partial charge in [-0.1, -0.05) is 12.1 Å². The SMILES string of the molecule is C[C@H](NCC(=O)NCc1ccc(F)cc1)C(=O)O. The van der Waals surface area contributed by atoms with Crippen LogP contribution in [0.1, 0.15) is 12.5 Å². The summed E-state index contributed by atoms with van der Waals surface area (Å²) >= 11 is 0. The van der Waals surface area contributed by atoms with E-state index < -0.39 is 12.0 Å². The van der Waals surface area contributed by atoms with Crippen molar-refractivity contribution in [3.63, 3.8) is 0 Å². The standard InChI is InChI=1S/C12H15FN2O3/c1-8(12(17)18)14-7-11(16)15-6-9-2-4-10(13)5-3-9/h2-5,8,14H,6-7H2,1H3,(H,15,16)(H,17,18)/t8-/m0/s1. The van der Waals surface area contributed by atoms with Crippen LogP contribution in [0.25, 0.3) is 0 Å². The molecule has 1 amide bonds. The lowest BCUT2D eigenvalue weighted by Crippen LogP contribution is -2.41. The summed E-state index contributed by atoms with van der Waals surface area (Å²) in [6.45, 7) is 1.66. The second-order valence-electron chi connectivity index (χ2n) is 3.84. The van der Waals surface area contributed by atoms with Gasteiger partial charge in [-0.25, -0.2) is 4.39 Å². The first-order valence-electron chi connectivity index (χ1n) is 5.46. The molecule has 18 heavy (non-hydrogen) atoms. The van der Waals surface area contributed by atoms with Crippen molar-refractivity contribution in [1.29, 1.82) is 0 Å². The summed E-state index contributed by atoms with van der Waals surface area (Å²) in [6, 6.07) is 4.99. The van der Waals surface area contributed by atoms with E-state index in [-0.39, 0.29) is 24.8 Å². The summed E-state index contributed by atoms with van der Waals surface area (Å²) in [5, 5.41) is 13.8. The molecule has 1 rings (SSSR count). The highest BCUT2D eigenvalue weighted by atomic mass is 19.1. The molecule has 0 radical (unpaired) electrons. The van der Waals surface area contributed by atoms with Crippen LogP contribution in [0.3, 0.4) is 0 Å². The van der Waals surface area contributed by atoms with Gasteiger partial charge >= 0.3 is 5.97 Å². The molecule has 3 N–H and O–H groups in total. The smallest absolute Gasteiger partial charge is 0.320 e. The molecular weight excluding hydrogens is 239 g/mol. The molecule has 0 aromatic heterocycles. The third-order valence-corrected chi connectivity index (χ3v) is 2.34. The molecule has 1 atom stereocenters. The number of carboxylic acid groups (broad SMARTS) is 1. The fourth-order valence-electron chi connectivity index (χ4n) is 1.20. The normalized spacial score (nSPS) is 11.9. The molecule has 0 bridgehead atoms. The number of aliphatic carboxylic acids is 1. The molecule has 0 aliphatic carbocycles. The Balaban J connectivity index is 2.29. The van der Waals surface area contributed by atoms with Crippen LogP contribution in [0.4, 0.5) is 4.39 Å². The van der Waals surface area contributed by atoms with Crippen LogP contribution in [0.15, 0.2) is 24.3 Å². The summed E-state index contributed by atoms with van der Waals surface area (Å²) in [4.78, 5) is 21.9. The number of benzene rings is 1. The summed E-state index contributed by atoms with van der Waals surface area (Å²) in [5.41, 5.74) is 0.774. The van der Waals surface area contributed by atoms with Gasteiger partial charge in [0.2, 0.25) is 5.91 Å². The van der Waals surface area contributed by atoms with Crippen LogP contribution in [0.2, 0.25) is 0 Å². The van der Waals surface area contributed by atoms with Crippen molar-refractivity contribution in [2.75, 3.05) is 6.54 Å². The van der Waals surface area contributed by atoms with E-state index in [1.165, 1.54) is 19.1 Å². The molecule has 0 aliphatic rings. The van der Waals surface area contributed by atoms with Gasteiger partial charge in [0.15, 0.2) is 0 Å². The Hall–Kier alpha value is -1.95. The molecule has 1 aromatic rings. The maximum absolute atomic E-state index is 12.6. The molecule has 0 fully saturated rings. The molecular formula is C12H15FN2O3. The Kier molecular flexibility index (Phi) is 5.26. The van der Waals surface area contributed by atoms with Crippen LogP contribution >= 0.6 is 0 Å². The largest absolute Gasteiger partial charge is 0.480 e. The highest BCUT2D eigenvalue weighted by molar-refractivity contribution is 5.79. The molecule has 98 valence electrons. The first kappa shape index (κ1) is 14.1. The second kappa shape index (κ2) is 6.70. The fraction of sp³-hybridized carbons (Fsp3) is 0.333. The van der Waals surface area contributed by atoms with E-state index in [1.54, 1.807) is 12.1 Å². The molecule has 1 aromatic carbocycles. The molecule has 0 unspecified atom stereocenters.